The lowest BCUT2D eigenvalue weighted by molar-refractivity contribution is -0.137. The summed E-state index contributed by atoms with van der Waals surface area (Å²) < 4.78 is 0. The Labute approximate surface area is 148 Å². The fourth-order valence-corrected chi connectivity index (χ4v) is 2.57. The number of rotatable bonds is 12. The second-order valence-electron chi connectivity index (χ2n) is 6.64. The molecule has 1 atom stereocenters. The maximum absolute atomic E-state index is 10.2. The van der Waals surface area contributed by atoms with Crippen molar-refractivity contribution in [3.63, 3.8) is 0 Å². The van der Waals surface area contributed by atoms with Crippen LogP contribution in [0.15, 0.2) is 30.3 Å². The number of unbranched alkanes of at least 4 members (excludes halogenated alkanes) is 8. The highest BCUT2D eigenvalue weighted by Gasteiger charge is 1.96. The van der Waals surface area contributed by atoms with E-state index in [0.717, 1.165) is 19.3 Å². The Morgan fingerprint density at radius 1 is 0.958 bits per heavy atom. The summed E-state index contributed by atoms with van der Waals surface area (Å²) in [4.78, 5) is 10.2. The van der Waals surface area contributed by atoms with Gasteiger partial charge in [0.2, 0.25) is 0 Å². The molecule has 0 spiro atoms. The van der Waals surface area contributed by atoms with Gasteiger partial charge in [0.1, 0.15) is 0 Å². The zero-order chi connectivity index (χ0) is 18.0. The fourth-order valence-electron chi connectivity index (χ4n) is 2.57. The summed E-state index contributed by atoms with van der Waals surface area (Å²) in [6, 6.07) is 10.6. The van der Waals surface area contributed by atoms with E-state index in [-0.39, 0.29) is 6.04 Å². The first-order valence-electron chi connectivity index (χ1n) is 9.57. The molecule has 0 saturated carbocycles. The number of nitrogens with two attached hydrogens (primary N) is 1. The van der Waals surface area contributed by atoms with Gasteiger partial charge in [-0.1, -0.05) is 88.6 Å². The molecule has 0 aromatic heterocycles. The first-order chi connectivity index (χ1) is 11.6. The van der Waals surface area contributed by atoms with E-state index < -0.39 is 5.97 Å². The van der Waals surface area contributed by atoms with Gasteiger partial charge in [0, 0.05) is 12.5 Å². The highest BCUT2D eigenvalue weighted by atomic mass is 16.4. The summed E-state index contributed by atoms with van der Waals surface area (Å²) in [7, 11) is 0. The van der Waals surface area contributed by atoms with Crippen molar-refractivity contribution in [3.05, 3.63) is 35.9 Å². The van der Waals surface area contributed by atoms with Crippen LogP contribution in [0.1, 0.15) is 83.6 Å². The molecular weight excluding hydrogens is 298 g/mol. The lowest BCUT2D eigenvalue weighted by Crippen LogP contribution is -2.17. The van der Waals surface area contributed by atoms with E-state index in [1.165, 1.54) is 50.5 Å². The average molecular weight is 336 g/mol. The molecule has 0 aliphatic rings. The standard InChI is InChI=1S/C12H24O2.C9H13N/c1-2-3-4-5-6-7-8-9-10-11-12(13)14;1-8(10)7-9-5-3-2-4-6-9/h2-11H2,1H3,(H,13,14);2-6,8H,7,10H2,1H3. The van der Waals surface area contributed by atoms with Crippen molar-refractivity contribution >= 4 is 5.97 Å². The molecule has 0 aliphatic heterocycles. The summed E-state index contributed by atoms with van der Waals surface area (Å²) in [6.45, 7) is 4.25. The zero-order valence-electron chi connectivity index (χ0n) is 15.7. The van der Waals surface area contributed by atoms with Crippen molar-refractivity contribution in [1.82, 2.24) is 0 Å². The van der Waals surface area contributed by atoms with Crippen molar-refractivity contribution in [2.45, 2.75) is 90.5 Å². The number of hydrogen-bond acceptors (Lipinski definition) is 2. The number of benzene rings is 1. The first-order valence-corrected chi connectivity index (χ1v) is 9.57. The van der Waals surface area contributed by atoms with E-state index >= 15 is 0 Å². The van der Waals surface area contributed by atoms with Gasteiger partial charge in [-0.25, -0.2) is 0 Å². The van der Waals surface area contributed by atoms with Crippen LogP contribution in [0.4, 0.5) is 0 Å². The molecule has 1 aromatic carbocycles. The van der Waals surface area contributed by atoms with Crippen LogP contribution >= 0.6 is 0 Å². The topological polar surface area (TPSA) is 63.3 Å². The van der Waals surface area contributed by atoms with Crippen LogP contribution in [0, 0.1) is 0 Å². The van der Waals surface area contributed by atoms with Gasteiger partial charge < -0.3 is 10.8 Å². The molecule has 24 heavy (non-hydrogen) atoms. The zero-order valence-corrected chi connectivity index (χ0v) is 15.7. The number of carboxylic acid groups (broad SMARTS) is 1. The maximum Gasteiger partial charge on any atom is 0.303 e. The van der Waals surface area contributed by atoms with Crippen molar-refractivity contribution in [3.8, 4) is 0 Å². The Morgan fingerprint density at radius 2 is 1.46 bits per heavy atom. The number of hydrogen-bond donors (Lipinski definition) is 2. The lowest BCUT2D eigenvalue weighted by atomic mass is 10.1. The average Bonchev–Trinajstić information content (AvgIpc) is 2.54. The second kappa shape index (κ2) is 16.5. The monoisotopic (exact) mass is 335 g/mol. The SMILES string of the molecule is CC(N)Cc1ccccc1.CCCCCCCCCCCC(=O)O. The summed E-state index contributed by atoms with van der Waals surface area (Å²) in [6.07, 6.45) is 12.5. The van der Waals surface area contributed by atoms with Gasteiger partial charge in [-0.05, 0) is 25.3 Å². The van der Waals surface area contributed by atoms with E-state index in [1.54, 1.807) is 0 Å². The highest BCUT2D eigenvalue weighted by molar-refractivity contribution is 5.66. The molecule has 3 heteroatoms. The fraction of sp³-hybridized carbons (Fsp3) is 0.667. The molecule has 0 radical (unpaired) electrons. The van der Waals surface area contributed by atoms with Gasteiger partial charge in [0.15, 0.2) is 0 Å². The lowest BCUT2D eigenvalue weighted by Gasteiger charge is -2.02. The molecule has 0 aliphatic carbocycles. The van der Waals surface area contributed by atoms with E-state index in [2.05, 4.69) is 19.1 Å². The molecule has 0 bridgehead atoms. The molecule has 1 unspecified atom stereocenters. The third-order valence-electron chi connectivity index (χ3n) is 3.89. The molecule has 0 fully saturated rings. The minimum Gasteiger partial charge on any atom is -0.481 e. The van der Waals surface area contributed by atoms with Crippen molar-refractivity contribution < 1.29 is 9.90 Å². The van der Waals surface area contributed by atoms with Crippen LogP contribution in [0.2, 0.25) is 0 Å². The summed E-state index contributed by atoms with van der Waals surface area (Å²) in [5, 5.41) is 8.41. The molecule has 3 nitrogen and oxygen atoms in total. The van der Waals surface area contributed by atoms with Crippen LogP contribution in [0.25, 0.3) is 0 Å². The molecule has 0 saturated heterocycles. The molecule has 3 N–H and O–H groups in total. The van der Waals surface area contributed by atoms with Crippen LogP contribution in [0.3, 0.4) is 0 Å². The quantitative estimate of drug-likeness (QED) is 0.491. The molecular formula is C21H37NO2. The van der Waals surface area contributed by atoms with Gasteiger partial charge in [0.25, 0.3) is 0 Å². The minimum atomic E-state index is -0.659. The largest absolute Gasteiger partial charge is 0.481 e. The number of carbonyl (C=O) groups is 1. The third kappa shape index (κ3) is 17.0. The molecule has 0 heterocycles. The maximum atomic E-state index is 10.2. The summed E-state index contributed by atoms with van der Waals surface area (Å²) in [5.74, 6) is -0.659. The third-order valence-corrected chi connectivity index (χ3v) is 3.89. The number of carboxylic acids is 1. The van der Waals surface area contributed by atoms with E-state index in [1.807, 2.05) is 25.1 Å². The van der Waals surface area contributed by atoms with Crippen LogP contribution in [-0.4, -0.2) is 17.1 Å². The number of aliphatic carboxylic acids is 1. The van der Waals surface area contributed by atoms with Gasteiger partial charge in [0.05, 0.1) is 0 Å². The molecule has 1 aromatic rings. The first kappa shape index (κ1) is 22.6. The Bertz CT molecular complexity index is 390. The smallest absolute Gasteiger partial charge is 0.303 e. The van der Waals surface area contributed by atoms with E-state index in [0.29, 0.717) is 6.42 Å². The Kier molecular flexibility index (Phi) is 15.6. The van der Waals surface area contributed by atoms with E-state index in [4.69, 9.17) is 10.8 Å². The van der Waals surface area contributed by atoms with Crippen LogP contribution in [-0.2, 0) is 11.2 Å². The predicted molar refractivity (Wildman–Crippen MR) is 103 cm³/mol. The minimum absolute atomic E-state index is 0.266. The van der Waals surface area contributed by atoms with Crippen LogP contribution in [0.5, 0.6) is 0 Å². The second-order valence-corrected chi connectivity index (χ2v) is 6.64. The van der Waals surface area contributed by atoms with Crippen LogP contribution < -0.4 is 5.73 Å². The Hall–Kier alpha value is -1.35. The Morgan fingerprint density at radius 3 is 1.92 bits per heavy atom. The highest BCUT2D eigenvalue weighted by Crippen LogP contribution is 2.10. The van der Waals surface area contributed by atoms with Gasteiger partial charge in [-0.2, -0.15) is 0 Å². The van der Waals surface area contributed by atoms with Gasteiger partial charge in [-0.15, -0.1) is 0 Å². The van der Waals surface area contributed by atoms with Crippen molar-refractivity contribution in [2.24, 2.45) is 5.73 Å². The normalized spacial score (nSPS) is 11.5. The van der Waals surface area contributed by atoms with Crippen molar-refractivity contribution in [1.29, 1.82) is 0 Å². The molecule has 0 amide bonds. The summed E-state index contributed by atoms with van der Waals surface area (Å²) >= 11 is 0. The Balaban J connectivity index is 0.000000463. The molecule has 1 rings (SSSR count). The van der Waals surface area contributed by atoms with Crippen molar-refractivity contribution in [2.75, 3.05) is 0 Å². The predicted octanol–water partition coefficient (Wildman–Crippen LogP) is 5.57. The van der Waals surface area contributed by atoms with Gasteiger partial charge in [-0.3, -0.25) is 4.79 Å². The van der Waals surface area contributed by atoms with Gasteiger partial charge >= 0.3 is 5.97 Å². The summed E-state index contributed by atoms with van der Waals surface area (Å²) in [5.41, 5.74) is 6.94. The molecule has 138 valence electrons. The van der Waals surface area contributed by atoms with E-state index in [9.17, 15) is 4.79 Å².